The van der Waals surface area contributed by atoms with Crippen molar-refractivity contribution >= 4 is 11.8 Å². The van der Waals surface area contributed by atoms with Crippen molar-refractivity contribution in [3.63, 3.8) is 0 Å². The molecule has 0 saturated carbocycles. The van der Waals surface area contributed by atoms with Crippen LogP contribution in [0.15, 0.2) is 30.5 Å². The number of rotatable bonds is 3. The molecule has 4 nitrogen and oxygen atoms in total. The van der Waals surface area contributed by atoms with E-state index in [2.05, 4.69) is 15.3 Å². The molecule has 0 aliphatic carbocycles. The van der Waals surface area contributed by atoms with Gasteiger partial charge in [0.2, 0.25) is 5.95 Å². The highest BCUT2D eigenvalue weighted by atomic mass is 19.1. The average Bonchev–Trinajstić information content (AvgIpc) is 2.32. The summed E-state index contributed by atoms with van der Waals surface area (Å²) in [6.07, 6.45) is 1.06. The average molecular weight is 232 g/mol. The number of anilines is 2. The number of aromatic nitrogens is 2. The van der Waals surface area contributed by atoms with Crippen molar-refractivity contribution in [2.45, 2.75) is 13.5 Å². The second-order valence-electron chi connectivity index (χ2n) is 3.70. The van der Waals surface area contributed by atoms with Crippen LogP contribution in [0, 0.1) is 12.7 Å². The number of halogens is 1. The minimum absolute atomic E-state index is 0.0543. The highest BCUT2D eigenvalue weighted by Crippen LogP contribution is 2.13. The van der Waals surface area contributed by atoms with Crippen LogP contribution < -0.4 is 11.1 Å². The quantitative estimate of drug-likeness (QED) is 0.850. The minimum Gasteiger partial charge on any atom is -0.368 e. The van der Waals surface area contributed by atoms with Gasteiger partial charge in [0, 0.05) is 6.54 Å². The molecule has 3 N–H and O–H groups in total. The van der Waals surface area contributed by atoms with Gasteiger partial charge in [0.15, 0.2) is 11.6 Å². The Bertz CT molecular complexity index is 528. The van der Waals surface area contributed by atoms with E-state index in [1.165, 1.54) is 0 Å². The Morgan fingerprint density at radius 2 is 2.12 bits per heavy atom. The Kier molecular flexibility index (Phi) is 3.18. The van der Waals surface area contributed by atoms with Gasteiger partial charge in [0.1, 0.15) is 0 Å². The van der Waals surface area contributed by atoms with E-state index in [1.807, 2.05) is 31.2 Å². The van der Waals surface area contributed by atoms with Crippen molar-refractivity contribution in [3.8, 4) is 0 Å². The highest BCUT2D eigenvalue weighted by molar-refractivity contribution is 5.40. The summed E-state index contributed by atoms with van der Waals surface area (Å²) < 4.78 is 13.3. The molecule has 1 heterocycles. The lowest BCUT2D eigenvalue weighted by molar-refractivity contribution is 0.617. The Hall–Kier alpha value is -2.17. The summed E-state index contributed by atoms with van der Waals surface area (Å²) in [5.74, 6) is -0.327. The molecule has 2 aromatic rings. The lowest BCUT2D eigenvalue weighted by Crippen LogP contribution is -2.07. The number of nitrogens with one attached hydrogen (secondary N) is 1. The van der Waals surface area contributed by atoms with Crippen molar-refractivity contribution in [1.29, 1.82) is 0 Å². The maximum absolute atomic E-state index is 13.3. The van der Waals surface area contributed by atoms with Crippen LogP contribution in [0.1, 0.15) is 11.1 Å². The fourth-order valence-electron chi connectivity index (χ4n) is 1.49. The number of nitrogen functional groups attached to an aromatic ring is 1. The van der Waals surface area contributed by atoms with Gasteiger partial charge in [-0.15, -0.1) is 0 Å². The van der Waals surface area contributed by atoms with E-state index in [0.717, 1.165) is 17.3 Å². The van der Waals surface area contributed by atoms with Crippen molar-refractivity contribution in [2.75, 3.05) is 11.1 Å². The van der Waals surface area contributed by atoms with Crippen molar-refractivity contribution in [3.05, 3.63) is 47.4 Å². The number of benzene rings is 1. The Labute approximate surface area is 98.7 Å². The third-order valence-corrected chi connectivity index (χ3v) is 2.47. The van der Waals surface area contributed by atoms with E-state index in [0.29, 0.717) is 6.54 Å². The molecule has 0 radical (unpaired) electrons. The van der Waals surface area contributed by atoms with Gasteiger partial charge >= 0.3 is 0 Å². The molecule has 1 aromatic heterocycles. The number of hydrogen-bond donors (Lipinski definition) is 2. The Morgan fingerprint density at radius 3 is 2.88 bits per heavy atom. The van der Waals surface area contributed by atoms with Crippen LogP contribution >= 0.6 is 0 Å². The predicted molar refractivity (Wildman–Crippen MR) is 64.9 cm³/mol. The molecule has 2 rings (SSSR count). The van der Waals surface area contributed by atoms with E-state index in [1.54, 1.807) is 0 Å². The molecule has 88 valence electrons. The second kappa shape index (κ2) is 4.78. The van der Waals surface area contributed by atoms with E-state index >= 15 is 0 Å². The highest BCUT2D eigenvalue weighted by Gasteiger charge is 2.05. The van der Waals surface area contributed by atoms with Gasteiger partial charge in [-0.3, -0.25) is 0 Å². The van der Waals surface area contributed by atoms with Crippen LogP contribution in [0.2, 0.25) is 0 Å². The van der Waals surface area contributed by atoms with Gasteiger partial charge in [0.05, 0.1) is 6.20 Å². The van der Waals surface area contributed by atoms with Crippen molar-refractivity contribution in [2.24, 2.45) is 0 Å². The molecule has 0 aliphatic heterocycles. The molecular formula is C12H13FN4. The fourth-order valence-corrected chi connectivity index (χ4v) is 1.49. The molecule has 1 aromatic carbocycles. The van der Waals surface area contributed by atoms with Crippen LogP contribution in [-0.4, -0.2) is 9.97 Å². The minimum atomic E-state index is -0.507. The standard InChI is InChI=1S/C12H13FN4/c1-8-4-2-3-5-9(8)6-15-11-10(13)7-16-12(14)17-11/h2-5,7H,6H2,1H3,(H3,14,15,16,17). The van der Waals surface area contributed by atoms with Crippen LogP contribution in [0.4, 0.5) is 16.2 Å². The van der Waals surface area contributed by atoms with Gasteiger partial charge in [-0.25, -0.2) is 9.37 Å². The van der Waals surface area contributed by atoms with Crippen LogP contribution in [0.5, 0.6) is 0 Å². The van der Waals surface area contributed by atoms with Crippen LogP contribution in [0.3, 0.4) is 0 Å². The SMILES string of the molecule is Cc1ccccc1CNc1nc(N)ncc1F. The van der Waals surface area contributed by atoms with Gasteiger partial charge < -0.3 is 11.1 Å². The predicted octanol–water partition coefficient (Wildman–Crippen LogP) is 2.12. The monoisotopic (exact) mass is 232 g/mol. The molecule has 0 bridgehead atoms. The third-order valence-electron chi connectivity index (χ3n) is 2.47. The molecule has 0 saturated heterocycles. The molecule has 0 aliphatic rings. The molecule has 0 unspecified atom stereocenters. The van der Waals surface area contributed by atoms with Gasteiger partial charge in [0.25, 0.3) is 0 Å². The maximum atomic E-state index is 13.3. The zero-order valence-corrected chi connectivity index (χ0v) is 9.44. The molecule has 0 atom stereocenters. The first-order chi connectivity index (χ1) is 8.16. The molecule has 0 amide bonds. The number of nitrogens with zero attached hydrogens (tertiary/aromatic N) is 2. The first-order valence-electron chi connectivity index (χ1n) is 5.23. The first-order valence-corrected chi connectivity index (χ1v) is 5.23. The lowest BCUT2D eigenvalue weighted by atomic mass is 10.1. The van der Waals surface area contributed by atoms with E-state index < -0.39 is 5.82 Å². The summed E-state index contributed by atoms with van der Waals surface area (Å²) in [5, 5.41) is 2.90. The van der Waals surface area contributed by atoms with E-state index in [9.17, 15) is 4.39 Å². The molecule has 0 fully saturated rings. The van der Waals surface area contributed by atoms with Crippen LogP contribution in [-0.2, 0) is 6.54 Å². The van der Waals surface area contributed by atoms with E-state index in [4.69, 9.17) is 5.73 Å². The summed E-state index contributed by atoms with van der Waals surface area (Å²) in [6, 6.07) is 7.88. The topological polar surface area (TPSA) is 63.8 Å². The lowest BCUT2D eigenvalue weighted by Gasteiger charge is -2.08. The second-order valence-corrected chi connectivity index (χ2v) is 3.70. The van der Waals surface area contributed by atoms with Gasteiger partial charge in [-0.05, 0) is 18.1 Å². The van der Waals surface area contributed by atoms with Crippen LogP contribution in [0.25, 0.3) is 0 Å². The summed E-state index contributed by atoms with van der Waals surface area (Å²) in [7, 11) is 0. The zero-order chi connectivity index (χ0) is 12.3. The van der Waals surface area contributed by atoms with Gasteiger partial charge in [-0.2, -0.15) is 4.98 Å². The van der Waals surface area contributed by atoms with Gasteiger partial charge in [-0.1, -0.05) is 24.3 Å². The maximum Gasteiger partial charge on any atom is 0.222 e. The Morgan fingerprint density at radius 1 is 1.35 bits per heavy atom. The summed E-state index contributed by atoms with van der Waals surface area (Å²) in [5.41, 5.74) is 7.63. The summed E-state index contributed by atoms with van der Waals surface area (Å²) in [4.78, 5) is 7.36. The zero-order valence-electron chi connectivity index (χ0n) is 9.44. The van der Waals surface area contributed by atoms with Crippen molar-refractivity contribution < 1.29 is 4.39 Å². The molecule has 0 spiro atoms. The molecule has 17 heavy (non-hydrogen) atoms. The summed E-state index contributed by atoms with van der Waals surface area (Å²) >= 11 is 0. The third kappa shape index (κ3) is 2.69. The normalized spacial score (nSPS) is 10.2. The smallest absolute Gasteiger partial charge is 0.222 e. The summed E-state index contributed by atoms with van der Waals surface area (Å²) in [6.45, 7) is 2.50. The largest absolute Gasteiger partial charge is 0.368 e. The Balaban J connectivity index is 2.12. The number of nitrogens with two attached hydrogens (primary N) is 1. The number of aryl methyl sites for hydroxylation is 1. The molecular weight excluding hydrogens is 219 g/mol. The fraction of sp³-hybridized carbons (Fsp3) is 0.167. The van der Waals surface area contributed by atoms with Crippen molar-refractivity contribution in [1.82, 2.24) is 9.97 Å². The van der Waals surface area contributed by atoms with E-state index in [-0.39, 0.29) is 11.8 Å². The number of hydrogen-bond acceptors (Lipinski definition) is 4. The molecule has 5 heteroatoms. The first kappa shape index (κ1) is 11.3.